The quantitative estimate of drug-likeness (QED) is 0.711. The van der Waals surface area contributed by atoms with Crippen LogP contribution in [0.3, 0.4) is 0 Å². The topological polar surface area (TPSA) is 58.7 Å². The number of hydrogen-bond acceptors (Lipinski definition) is 3. The lowest BCUT2D eigenvalue weighted by Crippen LogP contribution is -1.88. The van der Waals surface area contributed by atoms with E-state index < -0.39 is 0 Å². The summed E-state index contributed by atoms with van der Waals surface area (Å²) in [7, 11) is 1.75. The predicted octanol–water partition coefficient (Wildman–Crippen LogP) is 1.77. The lowest BCUT2D eigenvalue weighted by atomic mass is 10.1. The third-order valence-corrected chi connectivity index (χ3v) is 2.25. The van der Waals surface area contributed by atoms with E-state index in [1.165, 1.54) is 0 Å². The molecule has 2 aromatic rings. The van der Waals surface area contributed by atoms with Crippen LogP contribution in [0, 0.1) is 11.3 Å². The Kier molecular flexibility index (Phi) is 2.52. The van der Waals surface area contributed by atoms with Crippen LogP contribution in [0.1, 0.15) is 15.9 Å². The molecule has 4 nitrogen and oxygen atoms in total. The highest BCUT2D eigenvalue weighted by Crippen LogP contribution is 2.21. The van der Waals surface area contributed by atoms with Crippen molar-refractivity contribution < 1.29 is 4.79 Å². The van der Waals surface area contributed by atoms with Crippen LogP contribution in [-0.4, -0.2) is 16.1 Å². The Morgan fingerprint density at radius 3 is 3.00 bits per heavy atom. The van der Waals surface area contributed by atoms with Gasteiger partial charge in [0, 0.05) is 18.8 Å². The molecule has 0 atom stereocenters. The lowest BCUT2D eigenvalue weighted by molar-refractivity contribution is 0.112. The number of hydrogen-bond donors (Lipinski definition) is 0. The fraction of sp³-hybridized carbons (Fsp3) is 0.0833. The summed E-state index contributed by atoms with van der Waals surface area (Å²) in [5.41, 5.74) is 2.47. The second kappa shape index (κ2) is 3.99. The molecule has 4 heteroatoms. The fourth-order valence-electron chi connectivity index (χ4n) is 1.55. The zero-order valence-corrected chi connectivity index (χ0v) is 8.71. The summed E-state index contributed by atoms with van der Waals surface area (Å²) in [6.45, 7) is 0. The minimum atomic E-state index is 0.526. The average molecular weight is 211 g/mol. The van der Waals surface area contributed by atoms with Gasteiger partial charge in [0.1, 0.15) is 5.69 Å². The van der Waals surface area contributed by atoms with Gasteiger partial charge in [-0.3, -0.25) is 9.48 Å². The molecule has 0 aliphatic carbocycles. The van der Waals surface area contributed by atoms with E-state index >= 15 is 0 Å². The SMILES string of the molecule is Cn1cc(C=O)c(-c2cccc(C#N)c2)n1. The van der Waals surface area contributed by atoms with Gasteiger partial charge in [0.05, 0.1) is 17.2 Å². The van der Waals surface area contributed by atoms with Crippen molar-refractivity contribution in [2.45, 2.75) is 0 Å². The molecule has 1 heterocycles. The Bertz CT molecular complexity index is 578. The van der Waals surface area contributed by atoms with Crippen molar-refractivity contribution in [1.82, 2.24) is 9.78 Å². The van der Waals surface area contributed by atoms with E-state index in [1.54, 1.807) is 36.1 Å². The van der Waals surface area contributed by atoms with E-state index in [0.29, 0.717) is 16.8 Å². The van der Waals surface area contributed by atoms with Gasteiger partial charge in [-0.15, -0.1) is 0 Å². The zero-order valence-electron chi connectivity index (χ0n) is 8.71. The molecule has 78 valence electrons. The Balaban J connectivity index is 2.58. The molecule has 0 saturated carbocycles. The van der Waals surface area contributed by atoms with E-state index in [9.17, 15) is 4.79 Å². The number of rotatable bonds is 2. The number of aryl methyl sites for hydroxylation is 1. The van der Waals surface area contributed by atoms with Crippen LogP contribution in [0.5, 0.6) is 0 Å². The first-order valence-electron chi connectivity index (χ1n) is 4.74. The molecule has 0 amide bonds. The molecule has 2 rings (SSSR count). The summed E-state index contributed by atoms with van der Waals surface area (Å²) in [6.07, 6.45) is 2.42. The third-order valence-electron chi connectivity index (χ3n) is 2.25. The zero-order chi connectivity index (χ0) is 11.5. The molecule has 0 fully saturated rings. The molecule has 1 aromatic heterocycles. The normalized spacial score (nSPS) is 9.75. The number of nitriles is 1. The molecular weight excluding hydrogens is 202 g/mol. The van der Waals surface area contributed by atoms with Crippen LogP contribution >= 0.6 is 0 Å². The van der Waals surface area contributed by atoms with Gasteiger partial charge in [-0.05, 0) is 12.1 Å². The number of carbonyl (C=O) groups is 1. The molecule has 0 N–H and O–H groups in total. The average Bonchev–Trinajstić information content (AvgIpc) is 2.70. The van der Waals surface area contributed by atoms with Crippen LogP contribution in [0.15, 0.2) is 30.5 Å². The second-order valence-corrected chi connectivity index (χ2v) is 3.42. The van der Waals surface area contributed by atoms with E-state index in [4.69, 9.17) is 5.26 Å². The highest BCUT2D eigenvalue weighted by atomic mass is 16.1. The van der Waals surface area contributed by atoms with Gasteiger partial charge in [-0.1, -0.05) is 12.1 Å². The molecule has 0 bridgehead atoms. The van der Waals surface area contributed by atoms with Crippen molar-refractivity contribution in [1.29, 1.82) is 5.26 Å². The number of carbonyl (C=O) groups excluding carboxylic acids is 1. The largest absolute Gasteiger partial charge is 0.298 e. The fourth-order valence-corrected chi connectivity index (χ4v) is 1.55. The van der Waals surface area contributed by atoms with Gasteiger partial charge in [-0.2, -0.15) is 10.4 Å². The first-order valence-corrected chi connectivity index (χ1v) is 4.74. The van der Waals surface area contributed by atoms with Crippen LogP contribution in [0.4, 0.5) is 0 Å². The predicted molar refractivity (Wildman–Crippen MR) is 58.7 cm³/mol. The van der Waals surface area contributed by atoms with Crippen LogP contribution in [0.25, 0.3) is 11.3 Å². The summed E-state index contributed by atoms with van der Waals surface area (Å²) >= 11 is 0. The standard InChI is InChI=1S/C12H9N3O/c1-15-7-11(8-16)12(14-15)10-4-2-3-9(5-10)6-13/h2-5,7-8H,1H3. The van der Waals surface area contributed by atoms with Crippen molar-refractivity contribution in [3.8, 4) is 17.3 Å². The Labute approximate surface area is 92.7 Å². The van der Waals surface area contributed by atoms with Crippen LogP contribution in [0.2, 0.25) is 0 Å². The third kappa shape index (κ3) is 1.71. The van der Waals surface area contributed by atoms with Crippen molar-refractivity contribution in [2.75, 3.05) is 0 Å². The minimum Gasteiger partial charge on any atom is -0.298 e. The van der Waals surface area contributed by atoms with Crippen molar-refractivity contribution in [3.05, 3.63) is 41.6 Å². The highest BCUT2D eigenvalue weighted by Gasteiger charge is 2.09. The maximum atomic E-state index is 10.9. The highest BCUT2D eigenvalue weighted by molar-refractivity contribution is 5.85. The summed E-state index contributed by atoms with van der Waals surface area (Å²) in [6, 6.07) is 9.10. The summed E-state index contributed by atoms with van der Waals surface area (Å²) in [5, 5.41) is 13.0. The maximum absolute atomic E-state index is 10.9. The first-order chi connectivity index (χ1) is 7.74. The van der Waals surface area contributed by atoms with Gasteiger partial charge in [0.2, 0.25) is 0 Å². The Hall–Kier alpha value is -2.41. The maximum Gasteiger partial charge on any atom is 0.153 e. The molecular formula is C12H9N3O. The van der Waals surface area contributed by atoms with E-state index in [2.05, 4.69) is 11.2 Å². The number of aromatic nitrogens is 2. The van der Waals surface area contributed by atoms with Gasteiger partial charge >= 0.3 is 0 Å². The van der Waals surface area contributed by atoms with Crippen molar-refractivity contribution in [2.24, 2.45) is 7.05 Å². The number of nitrogens with zero attached hydrogens (tertiary/aromatic N) is 3. The van der Waals surface area contributed by atoms with E-state index in [1.807, 2.05) is 6.07 Å². The molecule has 0 aliphatic rings. The Morgan fingerprint density at radius 2 is 2.31 bits per heavy atom. The van der Waals surface area contributed by atoms with Gasteiger partial charge in [0.25, 0.3) is 0 Å². The molecule has 0 radical (unpaired) electrons. The summed E-state index contributed by atoms with van der Waals surface area (Å²) in [4.78, 5) is 10.9. The van der Waals surface area contributed by atoms with Gasteiger partial charge in [0.15, 0.2) is 6.29 Å². The van der Waals surface area contributed by atoms with Crippen molar-refractivity contribution in [3.63, 3.8) is 0 Å². The molecule has 0 aliphatic heterocycles. The van der Waals surface area contributed by atoms with Crippen LogP contribution < -0.4 is 0 Å². The minimum absolute atomic E-state index is 0.526. The van der Waals surface area contributed by atoms with Crippen LogP contribution in [-0.2, 0) is 7.05 Å². The van der Waals surface area contributed by atoms with Crippen molar-refractivity contribution >= 4 is 6.29 Å². The molecule has 0 unspecified atom stereocenters. The first kappa shape index (κ1) is 10.1. The molecule has 0 spiro atoms. The number of aldehydes is 1. The molecule has 0 saturated heterocycles. The monoisotopic (exact) mass is 211 g/mol. The Morgan fingerprint density at radius 1 is 1.50 bits per heavy atom. The summed E-state index contributed by atoms with van der Waals surface area (Å²) < 4.78 is 1.58. The van der Waals surface area contributed by atoms with Gasteiger partial charge < -0.3 is 0 Å². The number of benzene rings is 1. The molecule has 1 aromatic carbocycles. The summed E-state index contributed by atoms with van der Waals surface area (Å²) in [5.74, 6) is 0. The second-order valence-electron chi connectivity index (χ2n) is 3.42. The van der Waals surface area contributed by atoms with E-state index in [-0.39, 0.29) is 0 Å². The smallest absolute Gasteiger partial charge is 0.153 e. The molecule has 16 heavy (non-hydrogen) atoms. The lowest BCUT2D eigenvalue weighted by Gasteiger charge is -1.97. The van der Waals surface area contributed by atoms with Gasteiger partial charge in [-0.25, -0.2) is 0 Å². The van der Waals surface area contributed by atoms with E-state index in [0.717, 1.165) is 11.8 Å².